The van der Waals surface area contributed by atoms with Crippen molar-refractivity contribution in [3.8, 4) is 0 Å². The van der Waals surface area contributed by atoms with E-state index in [0.29, 0.717) is 0 Å². The Morgan fingerprint density at radius 1 is 1.24 bits per heavy atom. The molecule has 1 aromatic carbocycles. The molecule has 3 heteroatoms. The minimum absolute atomic E-state index is 0.0334. The molecule has 0 saturated heterocycles. The van der Waals surface area contributed by atoms with E-state index < -0.39 is 0 Å². The zero-order chi connectivity index (χ0) is 12.1. The number of rotatable bonds is 3. The van der Waals surface area contributed by atoms with Gasteiger partial charge in [0.2, 0.25) is 5.91 Å². The standard InChI is InChI=1S/C14H19NO2/c16-10-11-6-4-5-9-13(11)14(17)15-12-7-2-1-3-8-12/h1-3,7-8,11,13,16H,4-6,9-10H2,(H,15,17)/t11-,13+/m1/s1. The molecule has 1 aliphatic carbocycles. The van der Waals surface area contributed by atoms with E-state index in [1.54, 1.807) is 0 Å². The lowest BCUT2D eigenvalue weighted by atomic mass is 9.79. The molecule has 0 aromatic heterocycles. The number of hydrogen-bond acceptors (Lipinski definition) is 2. The summed E-state index contributed by atoms with van der Waals surface area (Å²) in [6.07, 6.45) is 4.07. The Hall–Kier alpha value is -1.35. The van der Waals surface area contributed by atoms with Gasteiger partial charge in [0.25, 0.3) is 0 Å². The number of amides is 1. The Morgan fingerprint density at radius 2 is 1.94 bits per heavy atom. The SMILES string of the molecule is O=C(Nc1ccccc1)[C@H]1CCCC[C@@H]1CO. The fraction of sp³-hybridized carbons (Fsp3) is 0.500. The fourth-order valence-corrected chi connectivity index (χ4v) is 2.53. The van der Waals surface area contributed by atoms with E-state index in [2.05, 4.69) is 5.32 Å². The lowest BCUT2D eigenvalue weighted by Gasteiger charge is -2.29. The van der Waals surface area contributed by atoms with Gasteiger partial charge in [-0.15, -0.1) is 0 Å². The predicted molar refractivity (Wildman–Crippen MR) is 67.6 cm³/mol. The van der Waals surface area contributed by atoms with E-state index in [-0.39, 0.29) is 24.3 Å². The number of benzene rings is 1. The van der Waals surface area contributed by atoms with Crippen LogP contribution >= 0.6 is 0 Å². The van der Waals surface area contributed by atoms with Gasteiger partial charge < -0.3 is 10.4 Å². The lowest BCUT2D eigenvalue weighted by molar-refractivity contribution is -0.123. The molecule has 0 radical (unpaired) electrons. The summed E-state index contributed by atoms with van der Waals surface area (Å²) in [6, 6.07) is 9.50. The van der Waals surface area contributed by atoms with Crippen LogP contribution in [0.15, 0.2) is 30.3 Å². The molecule has 17 heavy (non-hydrogen) atoms. The molecular weight excluding hydrogens is 214 g/mol. The van der Waals surface area contributed by atoms with Crippen molar-refractivity contribution >= 4 is 11.6 Å². The topological polar surface area (TPSA) is 49.3 Å². The highest BCUT2D eigenvalue weighted by Gasteiger charge is 2.30. The third kappa shape index (κ3) is 3.07. The van der Waals surface area contributed by atoms with E-state index >= 15 is 0 Å². The molecule has 0 unspecified atom stereocenters. The van der Waals surface area contributed by atoms with E-state index in [1.807, 2.05) is 30.3 Å². The molecule has 1 aliphatic rings. The monoisotopic (exact) mass is 233 g/mol. The van der Waals surface area contributed by atoms with Crippen LogP contribution < -0.4 is 5.32 Å². The Morgan fingerprint density at radius 3 is 2.65 bits per heavy atom. The maximum atomic E-state index is 12.1. The van der Waals surface area contributed by atoms with Crippen molar-refractivity contribution in [2.45, 2.75) is 25.7 Å². The first-order valence-corrected chi connectivity index (χ1v) is 6.28. The highest BCUT2D eigenvalue weighted by Crippen LogP contribution is 2.30. The highest BCUT2D eigenvalue weighted by atomic mass is 16.3. The first-order valence-electron chi connectivity index (χ1n) is 6.28. The van der Waals surface area contributed by atoms with E-state index in [9.17, 15) is 9.90 Å². The molecule has 1 fully saturated rings. The van der Waals surface area contributed by atoms with E-state index in [0.717, 1.165) is 31.4 Å². The number of hydrogen-bond donors (Lipinski definition) is 2. The van der Waals surface area contributed by atoms with Crippen molar-refractivity contribution in [1.82, 2.24) is 0 Å². The van der Waals surface area contributed by atoms with Crippen LogP contribution in [0.25, 0.3) is 0 Å². The van der Waals surface area contributed by atoms with Gasteiger partial charge in [0.15, 0.2) is 0 Å². The number of nitrogens with one attached hydrogen (secondary N) is 1. The van der Waals surface area contributed by atoms with Gasteiger partial charge in [-0.25, -0.2) is 0 Å². The van der Waals surface area contributed by atoms with Gasteiger partial charge in [0.05, 0.1) is 0 Å². The third-order valence-electron chi connectivity index (χ3n) is 3.52. The summed E-state index contributed by atoms with van der Waals surface area (Å²) < 4.78 is 0. The number of carbonyl (C=O) groups is 1. The van der Waals surface area contributed by atoms with Crippen molar-refractivity contribution in [3.63, 3.8) is 0 Å². The van der Waals surface area contributed by atoms with Crippen LogP contribution in [0.3, 0.4) is 0 Å². The third-order valence-corrected chi connectivity index (χ3v) is 3.52. The van der Waals surface area contributed by atoms with Crippen molar-refractivity contribution < 1.29 is 9.90 Å². The fourth-order valence-electron chi connectivity index (χ4n) is 2.53. The van der Waals surface area contributed by atoms with Crippen molar-refractivity contribution in [1.29, 1.82) is 0 Å². The van der Waals surface area contributed by atoms with Gasteiger partial charge in [-0.05, 0) is 30.9 Å². The molecule has 2 rings (SSSR count). The Bertz CT molecular complexity index is 364. The summed E-state index contributed by atoms with van der Waals surface area (Å²) in [5, 5.41) is 12.2. The molecular formula is C14H19NO2. The van der Waals surface area contributed by atoms with Crippen LogP contribution in [0, 0.1) is 11.8 Å². The summed E-state index contributed by atoms with van der Waals surface area (Å²) in [5.74, 6) is 0.149. The number of anilines is 1. The summed E-state index contributed by atoms with van der Waals surface area (Å²) in [6.45, 7) is 0.118. The van der Waals surface area contributed by atoms with Crippen molar-refractivity contribution in [3.05, 3.63) is 30.3 Å². The molecule has 1 amide bonds. The zero-order valence-corrected chi connectivity index (χ0v) is 9.93. The molecule has 3 nitrogen and oxygen atoms in total. The molecule has 0 aliphatic heterocycles. The van der Waals surface area contributed by atoms with Crippen LogP contribution in [0.2, 0.25) is 0 Å². The predicted octanol–water partition coefficient (Wildman–Crippen LogP) is 2.42. The van der Waals surface area contributed by atoms with Gasteiger partial charge in [-0.3, -0.25) is 4.79 Å². The van der Waals surface area contributed by atoms with Crippen LogP contribution in [0.4, 0.5) is 5.69 Å². The van der Waals surface area contributed by atoms with E-state index in [4.69, 9.17) is 0 Å². The molecule has 0 bridgehead atoms. The van der Waals surface area contributed by atoms with Crippen LogP contribution in [-0.2, 0) is 4.79 Å². The quantitative estimate of drug-likeness (QED) is 0.842. The number of carbonyl (C=O) groups excluding carboxylic acids is 1. The number of aliphatic hydroxyl groups excluding tert-OH is 1. The van der Waals surface area contributed by atoms with Crippen molar-refractivity contribution in [2.24, 2.45) is 11.8 Å². The average molecular weight is 233 g/mol. The Balaban J connectivity index is 1.99. The van der Waals surface area contributed by atoms with Gasteiger partial charge in [0.1, 0.15) is 0 Å². The Kier molecular flexibility index (Phi) is 4.15. The average Bonchev–Trinajstić information content (AvgIpc) is 2.40. The first-order chi connectivity index (χ1) is 8.31. The molecule has 2 N–H and O–H groups in total. The maximum Gasteiger partial charge on any atom is 0.227 e. The van der Waals surface area contributed by atoms with Gasteiger partial charge >= 0.3 is 0 Å². The van der Waals surface area contributed by atoms with Crippen LogP contribution in [0.5, 0.6) is 0 Å². The summed E-state index contributed by atoms with van der Waals surface area (Å²) >= 11 is 0. The second kappa shape index (κ2) is 5.82. The first kappa shape index (κ1) is 12.1. The van der Waals surface area contributed by atoms with Crippen molar-refractivity contribution in [2.75, 3.05) is 11.9 Å². The molecule has 0 spiro atoms. The number of para-hydroxylation sites is 1. The largest absolute Gasteiger partial charge is 0.396 e. The van der Waals surface area contributed by atoms with Gasteiger partial charge in [0, 0.05) is 18.2 Å². The molecule has 1 aromatic rings. The maximum absolute atomic E-state index is 12.1. The minimum Gasteiger partial charge on any atom is -0.396 e. The lowest BCUT2D eigenvalue weighted by Crippen LogP contribution is -2.33. The minimum atomic E-state index is -0.0334. The number of aliphatic hydroxyl groups is 1. The highest BCUT2D eigenvalue weighted by molar-refractivity contribution is 5.92. The summed E-state index contributed by atoms with van der Waals surface area (Å²) in [5.41, 5.74) is 0.833. The molecule has 1 saturated carbocycles. The summed E-state index contributed by atoms with van der Waals surface area (Å²) in [7, 11) is 0. The van der Waals surface area contributed by atoms with Gasteiger partial charge in [-0.2, -0.15) is 0 Å². The zero-order valence-electron chi connectivity index (χ0n) is 9.93. The van der Waals surface area contributed by atoms with E-state index in [1.165, 1.54) is 0 Å². The second-order valence-electron chi connectivity index (χ2n) is 4.69. The van der Waals surface area contributed by atoms with Crippen LogP contribution in [0.1, 0.15) is 25.7 Å². The smallest absolute Gasteiger partial charge is 0.227 e. The van der Waals surface area contributed by atoms with Gasteiger partial charge in [-0.1, -0.05) is 31.0 Å². The van der Waals surface area contributed by atoms with Crippen LogP contribution in [-0.4, -0.2) is 17.6 Å². The summed E-state index contributed by atoms with van der Waals surface area (Å²) in [4.78, 5) is 12.1. The normalized spacial score (nSPS) is 24.3. The molecule has 0 heterocycles. The molecule has 2 atom stereocenters. The molecule has 92 valence electrons. The second-order valence-corrected chi connectivity index (χ2v) is 4.69. The Labute approximate surface area is 102 Å².